The number of hydrogen-bond donors (Lipinski definition) is 3. The van der Waals surface area contributed by atoms with Gasteiger partial charge in [-0.2, -0.15) is 10.2 Å². The molecule has 0 aromatic carbocycles. The fourth-order valence-electron chi connectivity index (χ4n) is 0.505. The highest BCUT2D eigenvalue weighted by atomic mass is 32.1. The Morgan fingerprint density at radius 2 is 1.88 bits per heavy atom. The van der Waals surface area contributed by atoms with Gasteiger partial charge >= 0.3 is 0 Å². The zero-order valence-electron chi connectivity index (χ0n) is 9.74. The molecular weight excluding hydrogens is 244 g/mol. The maximum atomic E-state index is 4.97. The van der Waals surface area contributed by atoms with Gasteiger partial charge in [0.25, 0.3) is 0 Å². The van der Waals surface area contributed by atoms with E-state index >= 15 is 0 Å². The monoisotopic (exact) mass is 260 g/mol. The van der Waals surface area contributed by atoms with Gasteiger partial charge in [-0.15, -0.1) is 0 Å². The van der Waals surface area contributed by atoms with E-state index in [0.717, 1.165) is 0 Å². The minimum Gasteiger partial charge on any atom is -0.364 e. The highest BCUT2D eigenvalue weighted by molar-refractivity contribution is 7.80. The third kappa shape index (κ3) is 7.07. The van der Waals surface area contributed by atoms with Gasteiger partial charge in [-0.3, -0.25) is 10.9 Å². The molecule has 3 N–H and O–H groups in total. The summed E-state index contributed by atoms with van der Waals surface area (Å²) < 4.78 is 0. The van der Waals surface area contributed by atoms with Crippen molar-refractivity contribution in [2.75, 3.05) is 21.1 Å². The van der Waals surface area contributed by atoms with Crippen molar-refractivity contribution < 1.29 is 0 Å². The summed E-state index contributed by atoms with van der Waals surface area (Å²) in [6.07, 6.45) is 1.54. The molecule has 0 heterocycles. The molecule has 0 aliphatic carbocycles. The van der Waals surface area contributed by atoms with Crippen molar-refractivity contribution in [3.05, 3.63) is 0 Å². The predicted octanol–water partition coefficient (Wildman–Crippen LogP) is -0.122. The van der Waals surface area contributed by atoms with Crippen LogP contribution in [-0.2, 0) is 0 Å². The third-order valence-electron chi connectivity index (χ3n) is 1.38. The van der Waals surface area contributed by atoms with Gasteiger partial charge in [0.2, 0.25) is 0 Å². The van der Waals surface area contributed by atoms with Gasteiger partial charge in [0.15, 0.2) is 10.2 Å². The standard InChI is InChI=1S/C8H16N6S2/c1-6(11-12-7(15)9-2)5-10-13-8(16)14(3)4/h5H,1-4H3,(H,13,16)(H2,9,12,15)/b10-5-,11-6-. The smallest absolute Gasteiger partial charge is 0.189 e. The molecule has 0 unspecified atom stereocenters. The van der Waals surface area contributed by atoms with E-state index in [2.05, 4.69) is 26.4 Å². The van der Waals surface area contributed by atoms with Crippen LogP contribution >= 0.6 is 24.4 Å². The van der Waals surface area contributed by atoms with Crippen molar-refractivity contribution in [2.45, 2.75) is 6.92 Å². The zero-order chi connectivity index (χ0) is 12.6. The Morgan fingerprint density at radius 3 is 2.38 bits per heavy atom. The first-order valence-corrected chi connectivity index (χ1v) is 5.31. The van der Waals surface area contributed by atoms with Crippen LogP contribution < -0.4 is 16.2 Å². The molecule has 0 radical (unpaired) electrons. The number of thiocarbonyl (C=S) groups is 2. The lowest BCUT2D eigenvalue weighted by molar-refractivity contribution is 0.606. The molecule has 0 aliphatic rings. The first-order chi connectivity index (χ1) is 7.47. The third-order valence-corrected chi connectivity index (χ3v) is 2.13. The summed E-state index contributed by atoms with van der Waals surface area (Å²) in [5.74, 6) is 0. The van der Waals surface area contributed by atoms with Gasteiger partial charge in [0, 0.05) is 21.1 Å². The molecule has 0 rings (SSSR count). The lowest BCUT2D eigenvalue weighted by atomic mass is 10.5. The molecule has 0 atom stereocenters. The van der Waals surface area contributed by atoms with E-state index in [9.17, 15) is 0 Å². The molecule has 8 heteroatoms. The van der Waals surface area contributed by atoms with E-state index in [4.69, 9.17) is 24.4 Å². The lowest BCUT2D eigenvalue weighted by Gasteiger charge is -2.11. The van der Waals surface area contributed by atoms with Gasteiger partial charge in [0.1, 0.15) is 0 Å². The van der Waals surface area contributed by atoms with Crippen molar-refractivity contribution in [1.82, 2.24) is 21.1 Å². The normalized spacial score (nSPS) is 11.1. The van der Waals surface area contributed by atoms with E-state index in [1.165, 1.54) is 0 Å². The Morgan fingerprint density at radius 1 is 1.25 bits per heavy atom. The minimum atomic E-state index is 0.449. The number of nitrogens with zero attached hydrogens (tertiary/aromatic N) is 3. The van der Waals surface area contributed by atoms with Crippen molar-refractivity contribution in [1.29, 1.82) is 0 Å². The summed E-state index contributed by atoms with van der Waals surface area (Å²) in [7, 11) is 5.38. The molecule has 16 heavy (non-hydrogen) atoms. The summed E-state index contributed by atoms with van der Waals surface area (Å²) in [6, 6.07) is 0. The maximum Gasteiger partial charge on any atom is 0.189 e. The molecule has 0 amide bonds. The molecule has 0 spiro atoms. The fourth-order valence-corrected chi connectivity index (χ4v) is 0.603. The first-order valence-electron chi connectivity index (χ1n) is 4.49. The fraction of sp³-hybridized carbons (Fsp3) is 0.500. The van der Waals surface area contributed by atoms with Crippen LogP contribution in [0.4, 0.5) is 0 Å². The second-order valence-corrected chi connectivity index (χ2v) is 3.81. The van der Waals surface area contributed by atoms with E-state index in [-0.39, 0.29) is 0 Å². The van der Waals surface area contributed by atoms with Crippen LogP contribution in [0.1, 0.15) is 6.92 Å². The van der Waals surface area contributed by atoms with Gasteiger partial charge in [-0.05, 0) is 31.4 Å². The predicted molar refractivity (Wildman–Crippen MR) is 75.8 cm³/mol. The van der Waals surface area contributed by atoms with Crippen LogP contribution in [0.15, 0.2) is 10.2 Å². The molecule has 0 saturated carbocycles. The quantitative estimate of drug-likeness (QED) is 0.373. The van der Waals surface area contributed by atoms with Crippen LogP contribution in [-0.4, -0.2) is 48.2 Å². The van der Waals surface area contributed by atoms with Crippen molar-refractivity contribution in [3.63, 3.8) is 0 Å². The van der Waals surface area contributed by atoms with E-state index < -0.39 is 0 Å². The Kier molecular flexibility index (Phi) is 7.31. The van der Waals surface area contributed by atoms with Gasteiger partial charge in [0.05, 0.1) is 11.9 Å². The lowest BCUT2D eigenvalue weighted by Crippen LogP contribution is -2.31. The van der Waals surface area contributed by atoms with E-state index in [1.807, 2.05) is 14.1 Å². The number of hydrazone groups is 2. The molecular formula is C8H16N6S2. The Balaban J connectivity index is 4.04. The Labute approximate surface area is 106 Å². The highest BCUT2D eigenvalue weighted by Crippen LogP contribution is 1.77. The second-order valence-electron chi connectivity index (χ2n) is 3.01. The van der Waals surface area contributed by atoms with E-state index in [0.29, 0.717) is 15.9 Å². The zero-order valence-corrected chi connectivity index (χ0v) is 11.4. The summed E-state index contributed by atoms with van der Waals surface area (Å²) in [6.45, 7) is 1.79. The SMILES string of the molecule is CNC(=S)N/N=C(C)\C=N/NC(=S)N(C)C. The van der Waals surface area contributed by atoms with Crippen LogP contribution in [0.25, 0.3) is 0 Å². The van der Waals surface area contributed by atoms with Crippen molar-refractivity contribution in [3.8, 4) is 0 Å². The van der Waals surface area contributed by atoms with Gasteiger partial charge in [-0.1, -0.05) is 0 Å². The van der Waals surface area contributed by atoms with Crippen molar-refractivity contribution >= 4 is 46.6 Å². The molecule has 0 bridgehead atoms. The van der Waals surface area contributed by atoms with Crippen LogP contribution in [0.3, 0.4) is 0 Å². The summed E-state index contributed by atoms with van der Waals surface area (Å²) in [4.78, 5) is 1.74. The Hall–Kier alpha value is -1.28. The first kappa shape index (κ1) is 14.7. The summed E-state index contributed by atoms with van der Waals surface area (Å²) in [5, 5.41) is 11.6. The summed E-state index contributed by atoms with van der Waals surface area (Å²) in [5.41, 5.74) is 6.00. The second kappa shape index (κ2) is 7.94. The molecule has 0 aromatic rings. The average molecular weight is 260 g/mol. The number of rotatable bonds is 3. The minimum absolute atomic E-state index is 0.449. The highest BCUT2D eigenvalue weighted by Gasteiger charge is 1.93. The molecule has 0 aromatic heterocycles. The maximum absolute atomic E-state index is 4.97. The topological polar surface area (TPSA) is 64.0 Å². The number of hydrogen-bond acceptors (Lipinski definition) is 4. The Bertz CT molecular complexity index is 310. The molecule has 0 fully saturated rings. The van der Waals surface area contributed by atoms with Crippen LogP contribution in [0.2, 0.25) is 0 Å². The van der Waals surface area contributed by atoms with Gasteiger partial charge in [-0.25, -0.2) is 0 Å². The molecule has 90 valence electrons. The average Bonchev–Trinajstić information content (AvgIpc) is 2.25. The molecule has 0 saturated heterocycles. The van der Waals surface area contributed by atoms with E-state index in [1.54, 1.807) is 25.1 Å². The summed E-state index contributed by atoms with van der Waals surface area (Å²) >= 11 is 9.81. The van der Waals surface area contributed by atoms with Crippen molar-refractivity contribution in [2.24, 2.45) is 10.2 Å². The molecule has 0 aliphatic heterocycles. The largest absolute Gasteiger partial charge is 0.364 e. The van der Waals surface area contributed by atoms with Gasteiger partial charge < -0.3 is 10.2 Å². The van der Waals surface area contributed by atoms with Crippen LogP contribution in [0.5, 0.6) is 0 Å². The molecule has 6 nitrogen and oxygen atoms in total. The number of nitrogens with one attached hydrogen (secondary N) is 3. The van der Waals surface area contributed by atoms with Crippen LogP contribution in [0, 0.1) is 0 Å².